The van der Waals surface area contributed by atoms with Crippen molar-refractivity contribution in [3.05, 3.63) is 12.7 Å². The minimum absolute atomic E-state index is 0.461. The van der Waals surface area contributed by atoms with Crippen LogP contribution in [0.15, 0.2) is 12.7 Å². The molecule has 0 spiro atoms. The molecule has 0 N–H and O–H groups in total. The third-order valence-corrected chi connectivity index (χ3v) is 3.44. The van der Waals surface area contributed by atoms with Crippen molar-refractivity contribution in [3.8, 4) is 0 Å². The lowest BCUT2D eigenvalue weighted by Gasteiger charge is -2.06. The highest BCUT2D eigenvalue weighted by molar-refractivity contribution is 5.16. The molecule has 0 aromatic heterocycles. The summed E-state index contributed by atoms with van der Waals surface area (Å²) in [5, 5.41) is 0. The van der Waals surface area contributed by atoms with Crippen LogP contribution in [0.4, 0.5) is 0 Å². The standard InChI is InChI=1S/C11H20/c1-6-9-10(8(3)4)11(9,5)7-2/h7-10H,2,6H2,1,3-5H3. The Hall–Kier alpha value is -0.260. The number of hydrogen-bond donors (Lipinski definition) is 0. The van der Waals surface area contributed by atoms with E-state index >= 15 is 0 Å². The van der Waals surface area contributed by atoms with Gasteiger partial charge in [-0.05, 0) is 23.2 Å². The second kappa shape index (κ2) is 2.66. The molecular formula is C11H20. The molecule has 1 fully saturated rings. The molecule has 1 aliphatic carbocycles. The largest absolute Gasteiger partial charge is 0.103 e. The van der Waals surface area contributed by atoms with Crippen LogP contribution in [0.3, 0.4) is 0 Å². The first-order valence-corrected chi connectivity index (χ1v) is 4.71. The molecule has 0 amide bonds. The zero-order valence-corrected chi connectivity index (χ0v) is 8.22. The van der Waals surface area contributed by atoms with E-state index < -0.39 is 0 Å². The van der Waals surface area contributed by atoms with Crippen LogP contribution in [0.5, 0.6) is 0 Å². The molecule has 3 atom stereocenters. The summed E-state index contributed by atoms with van der Waals surface area (Å²) in [7, 11) is 0. The van der Waals surface area contributed by atoms with Gasteiger partial charge in [-0.1, -0.05) is 40.2 Å². The van der Waals surface area contributed by atoms with Crippen LogP contribution >= 0.6 is 0 Å². The maximum atomic E-state index is 3.93. The van der Waals surface area contributed by atoms with Crippen molar-refractivity contribution in [1.82, 2.24) is 0 Å². The summed E-state index contributed by atoms with van der Waals surface area (Å²) < 4.78 is 0. The first-order chi connectivity index (χ1) is 5.07. The molecular weight excluding hydrogens is 132 g/mol. The van der Waals surface area contributed by atoms with Crippen LogP contribution in [0.25, 0.3) is 0 Å². The Morgan fingerprint density at radius 1 is 1.55 bits per heavy atom. The van der Waals surface area contributed by atoms with Crippen LogP contribution in [-0.4, -0.2) is 0 Å². The van der Waals surface area contributed by atoms with Crippen LogP contribution < -0.4 is 0 Å². The first kappa shape index (κ1) is 8.83. The van der Waals surface area contributed by atoms with Gasteiger partial charge >= 0.3 is 0 Å². The lowest BCUT2D eigenvalue weighted by atomic mass is 9.99. The van der Waals surface area contributed by atoms with Gasteiger partial charge in [0.15, 0.2) is 0 Å². The zero-order chi connectivity index (χ0) is 8.65. The fourth-order valence-electron chi connectivity index (χ4n) is 2.82. The quantitative estimate of drug-likeness (QED) is 0.543. The van der Waals surface area contributed by atoms with Crippen molar-refractivity contribution < 1.29 is 0 Å². The minimum atomic E-state index is 0.461. The van der Waals surface area contributed by atoms with Gasteiger partial charge in [0.25, 0.3) is 0 Å². The fourth-order valence-corrected chi connectivity index (χ4v) is 2.82. The second-order valence-corrected chi connectivity index (χ2v) is 4.35. The van der Waals surface area contributed by atoms with Gasteiger partial charge in [0.1, 0.15) is 0 Å². The predicted molar refractivity (Wildman–Crippen MR) is 50.4 cm³/mol. The Kier molecular flexibility index (Phi) is 2.13. The lowest BCUT2D eigenvalue weighted by Crippen LogP contribution is -1.98. The van der Waals surface area contributed by atoms with E-state index in [1.165, 1.54) is 6.42 Å². The summed E-state index contributed by atoms with van der Waals surface area (Å²) >= 11 is 0. The third kappa shape index (κ3) is 1.13. The fraction of sp³-hybridized carbons (Fsp3) is 0.818. The topological polar surface area (TPSA) is 0 Å². The average Bonchev–Trinajstić information content (AvgIpc) is 2.57. The van der Waals surface area contributed by atoms with E-state index in [9.17, 15) is 0 Å². The highest BCUT2D eigenvalue weighted by Crippen LogP contribution is 2.64. The van der Waals surface area contributed by atoms with E-state index in [2.05, 4.69) is 40.3 Å². The highest BCUT2D eigenvalue weighted by atomic mass is 14.6. The lowest BCUT2D eigenvalue weighted by molar-refractivity contribution is 0.478. The summed E-state index contributed by atoms with van der Waals surface area (Å²) in [4.78, 5) is 0. The van der Waals surface area contributed by atoms with Crippen molar-refractivity contribution in [1.29, 1.82) is 0 Å². The highest BCUT2D eigenvalue weighted by Gasteiger charge is 2.58. The van der Waals surface area contributed by atoms with Crippen molar-refractivity contribution in [3.63, 3.8) is 0 Å². The zero-order valence-electron chi connectivity index (χ0n) is 8.22. The Labute approximate surface area is 70.7 Å². The SMILES string of the molecule is C=CC1(C)C(CC)C1C(C)C. The van der Waals surface area contributed by atoms with E-state index in [1.54, 1.807) is 0 Å². The molecule has 11 heavy (non-hydrogen) atoms. The van der Waals surface area contributed by atoms with Gasteiger partial charge in [-0.3, -0.25) is 0 Å². The molecule has 1 aliphatic rings. The molecule has 0 aromatic rings. The van der Waals surface area contributed by atoms with Crippen LogP contribution in [0, 0.1) is 23.2 Å². The van der Waals surface area contributed by atoms with Crippen molar-refractivity contribution in [2.45, 2.75) is 34.1 Å². The molecule has 64 valence electrons. The number of rotatable bonds is 3. The Bertz CT molecular complexity index is 157. The molecule has 0 aromatic carbocycles. The smallest absolute Gasteiger partial charge is 0.00844 e. The van der Waals surface area contributed by atoms with Crippen LogP contribution in [0.1, 0.15) is 34.1 Å². The number of hydrogen-bond acceptors (Lipinski definition) is 0. The van der Waals surface area contributed by atoms with Crippen molar-refractivity contribution in [2.24, 2.45) is 23.2 Å². The predicted octanol–water partition coefficient (Wildman–Crippen LogP) is 3.49. The molecule has 0 aliphatic heterocycles. The van der Waals surface area contributed by atoms with Gasteiger partial charge in [-0.2, -0.15) is 0 Å². The Morgan fingerprint density at radius 2 is 2.09 bits per heavy atom. The molecule has 0 bridgehead atoms. The van der Waals surface area contributed by atoms with E-state index in [0.29, 0.717) is 5.41 Å². The second-order valence-electron chi connectivity index (χ2n) is 4.35. The Balaban J connectivity index is 2.66. The summed E-state index contributed by atoms with van der Waals surface area (Å²) in [6, 6.07) is 0. The Morgan fingerprint density at radius 3 is 2.18 bits per heavy atom. The average molecular weight is 152 g/mol. The molecule has 0 heteroatoms. The van der Waals surface area contributed by atoms with E-state index in [4.69, 9.17) is 0 Å². The van der Waals surface area contributed by atoms with E-state index in [-0.39, 0.29) is 0 Å². The third-order valence-electron chi connectivity index (χ3n) is 3.44. The summed E-state index contributed by atoms with van der Waals surface area (Å²) in [5.74, 6) is 2.62. The molecule has 0 radical (unpaired) electrons. The first-order valence-electron chi connectivity index (χ1n) is 4.71. The maximum Gasteiger partial charge on any atom is -0.00844 e. The number of allylic oxidation sites excluding steroid dienone is 1. The molecule has 0 heterocycles. The van der Waals surface area contributed by atoms with Gasteiger partial charge in [-0.25, -0.2) is 0 Å². The summed E-state index contributed by atoms with van der Waals surface area (Å²) in [6.45, 7) is 13.2. The molecule has 0 saturated heterocycles. The molecule has 1 saturated carbocycles. The van der Waals surface area contributed by atoms with Crippen molar-refractivity contribution >= 4 is 0 Å². The van der Waals surface area contributed by atoms with E-state index in [0.717, 1.165) is 17.8 Å². The van der Waals surface area contributed by atoms with Gasteiger partial charge in [0.2, 0.25) is 0 Å². The van der Waals surface area contributed by atoms with Crippen LogP contribution in [-0.2, 0) is 0 Å². The van der Waals surface area contributed by atoms with Crippen LogP contribution in [0.2, 0.25) is 0 Å². The van der Waals surface area contributed by atoms with Gasteiger partial charge in [0.05, 0.1) is 0 Å². The summed E-state index contributed by atoms with van der Waals surface area (Å²) in [5.41, 5.74) is 0.461. The maximum absolute atomic E-state index is 3.93. The van der Waals surface area contributed by atoms with Gasteiger partial charge in [-0.15, -0.1) is 6.58 Å². The summed E-state index contributed by atoms with van der Waals surface area (Å²) in [6.07, 6.45) is 3.47. The minimum Gasteiger partial charge on any atom is -0.103 e. The monoisotopic (exact) mass is 152 g/mol. The van der Waals surface area contributed by atoms with Gasteiger partial charge in [0, 0.05) is 0 Å². The molecule has 0 nitrogen and oxygen atoms in total. The normalized spacial score (nSPS) is 42.6. The molecule has 1 rings (SSSR count). The van der Waals surface area contributed by atoms with Gasteiger partial charge < -0.3 is 0 Å². The van der Waals surface area contributed by atoms with Crippen molar-refractivity contribution in [2.75, 3.05) is 0 Å². The van der Waals surface area contributed by atoms with E-state index in [1.807, 2.05) is 0 Å². The molecule has 3 unspecified atom stereocenters.